The molecular weight excluding hydrogens is 469 g/mol. The molecule has 1 unspecified atom stereocenters. The first-order valence-corrected chi connectivity index (χ1v) is 12.4. The molecule has 2 aliphatic heterocycles. The van der Waals surface area contributed by atoms with E-state index < -0.39 is 21.7 Å². The molecule has 2 heterocycles. The second-order valence-electron chi connectivity index (χ2n) is 8.13. The number of halogens is 2. The Morgan fingerprint density at radius 2 is 1.55 bits per heavy atom. The van der Waals surface area contributed by atoms with Crippen molar-refractivity contribution in [1.82, 2.24) is 5.32 Å². The van der Waals surface area contributed by atoms with Crippen molar-refractivity contribution in [3.05, 3.63) is 54.3 Å². The Morgan fingerprint density at radius 1 is 0.970 bits per heavy atom. The number of carbonyl (C=O) groups excluding carboxylic acids is 2. The summed E-state index contributed by atoms with van der Waals surface area (Å²) in [6.45, 7) is 3.14. The molecule has 0 saturated carbocycles. The molecule has 2 fully saturated rings. The Kier molecular flexibility index (Phi) is 7.76. The molecule has 0 radical (unpaired) electrons. The Hall–Kier alpha value is -2.49. The number of benzene rings is 2. The third-order valence-corrected chi connectivity index (χ3v) is 7.85. The summed E-state index contributed by atoms with van der Waals surface area (Å²) in [4.78, 5) is 28.8. The summed E-state index contributed by atoms with van der Waals surface area (Å²) in [6, 6.07) is 11.8. The normalized spacial score (nSPS) is 19.6. The van der Waals surface area contributed by atoms with E-state index in [1.807, 2.05) is 12.1 Å². The van der Waals surface area contributed by atoms with Crippen LogP contribution in [-0.4, -0.2) is 51.2 Å². The van der Waals surface area contributed by atoms with E-state index in [1.165, 1.54) is 24.3 Å². The molecular formula is C23H27ClFN3O4S. The zero-order chi connectivity index (χ0) is 22.9. The lowest BCUT2D eigenvalue weighted by atomic mass is 10.0. The molecule has 2 aromatic carbocycles. The van der Waals surface area contributed by atoms with Crippen LogP contribution in [0.3, 0.4) is 0 Å². The fraction of sp³-hybridized carbons (Fsp3) is 0.391. The van der Waals surface area contributed by atoms with E-state index in [2.05, 4.69) is 10.2 Å². The van der Waals surface area contributed by atoms with Crippen LogP contribution in [0.2, 0.25) is 0 Å². The van der Waals surface area contributed by atoms with Gasteiger partial charge in [0.05, 0.1) is 28.8 Å². The zero-order valence-electron chi connectivity index (χ0n) is 18.2. The van der Waals surface area contributed by atoms with Gasteiger partial charge in [0.1, 0.15) is 5.82 Å². The van der Waals surface area contributed by atoms with E-state index in [9.17, 15) is 22.4 Å². The van der Waals surface area contributed by atoms with Gasteiger partial charge in [-0.25, -0.2) is 17.7 Å². The van der Waals surface area contributed by atoms with Gasteiger partial charge in [0.25, 0.3) is 5.91 Å². The molecule has 2 aromatic rings. The van der Waals surface area contributed by atoms with Crippen LogP contribution in [0.1, 0.15) is 26.2 Å². The number of imide groups is 1. The number of hydrogen-bond acceptors (Lipinski definition) is 6. The topological polar surface area (TPSA) is 86.8 Å². The minimum absolute atomic E-state index is 0. The fourth-order valence-electron chi connectivity index (χ4n) is 4.24. The highest BCUT2D eigenvalue weighted by molar-refractivity contribution is 7.91. The van der Waals surface area contributed by atoms with Gasteiger partial charge in [-0.15, -0.1) is 12.4 Å². The molecule has 2 aliphatic rings. The maximum Gasteiger partial charge on any atom is 0.251 e. The van der Waals surface area contributed by atoms with Crippen LogP contribution in [0.15, 0.2) is 53.4 Å². The molecule has 0 aromatic heterocycles. The molecule has 10 heteroatoms. The molecule has 0 bridgehead atoms. The van der Waals surface area contributed by atoms with Crippen molar-refractivity contribution >= 4 is 45.4 Å². The Bertz CT molecular complexity index is 1100. The maximum absolute atomic E-state index is 13.2. The summed E-state index contributed by atoms with van der Waals surface area (Å²) in [5, 5.41) is 3.33. The Labute approximate surface area is 199 Å². The number of nitrogens with zero attached hydrogens (tertiary/aromatic N) is 2. The minimum atomic E-state index is -3.21. The molecule has 33 heavy (non-hydrogen) atoms. The number of rotatable bonds is 6. The van der Waals surface area contributed by atoms with Crippen LogP contribution >= 0.6 is 12.4 Å². The molecule has 1 atom stereocenters. The van der Waals surface area contributed by atoms with Gasteiger partial charge in [0, 0.05) is 24.8 Å². The Balaban J connectivity index is 0.00000306. The average Bonchev–Trinajstić information content (AvgIpc) is 3.08. The van der Waals surface area contributed by atoms with Crippen molar-refractivity contribution in [3.8, 4) is 0 Å². The van der Waals surface area contributed by atoms with Gasteiger partial charge < -0.3 is 10.2 Å². The second kappa shape index (κ2) is 10.2. The third-order valence-electron chi connectivity index (χ3n) is 6.10. The standard InChI is InChI=1S/C23H26FN3O4S.ClH/c1-2-32(30,31)20-9-7-18(8-10-20)26-13-11-17(12-14-26)25-21-15-22(28)27(23(21)29)19-5-3-16(24)4-6-19;/h3-10,17,21,25H,2,11-15H2,1H3;1H. The SMILES string of the molecule is CCS(=O)(=O)c1ccc(N2CCC(NC3CC(=O)N(c4ccc(F)cc4)C3=O)CC2)cc1.Cl. The summed E-state index contributed by atoms with van der Waals surface area (Å²) >= 11 is 0. The van der Waals surface area contributed by atoms with Gasteiger partial charge >= 0.3 is 0 Å². The highest BCUT2D eigenvalue weighted by Crippen LogP contribution is 2.26. The van der Waals surface area contributed by atoms with E-state index in [1.54, 1.807) is 19.1 Å². The van der Waals surface area contributed by atoms with Crippen LogP contribution < -0.4 is 15.1 Å². The first kappa shape index (κ1) is 25.1. The smallest absolute Gasteiger partial charge is 0.251 e. The number of piperidine rings is 1. The lowest BCUT2D eigenvalue weighted by Gasteiger charge is -2.35. The van der Waals surface area contributed by atoms with Crippen molar-refractivity contribution in [2.45, 2.75) is 43.2 Å². The monoisotopic (exact) mass is 495 g/mol. The van der Waals surface area contributed by atoms with E-state index >= 15 is 0 Å². The second-order valence-corrected chi connectivity index (χ2v) is 10.4. The van der Waals surface area contributed by atoms with E-state index in [4.69, 9.17) is 0 Å². The lowest BCUT2D eigenvalue weighted by Crippen LogP contribution is -2.48. The molecule has 1 N–H and O–H groups in total. The predicted molar refractivity (Wildman–Crippen MR) is 127 cm³/mol. The van der Waals surface area contributed by atoms with Crippen LogP contribution in [0.25, 0.3) is 0 Å². The van der Waals surface area contributed by atoms with E-state index in [-0.39, 0.29) is 42.4 Å². The fourth-order valence-corrected chi connectivity index (χ4v) is 5.13. The Morgan fingerprint density at radius 3 is 2.12 bits per heavy atom. The number of amides is 2. The summed E-state index contributed by atoms with van der Waals surface area (Å²) in [6.07, 6.45) is 1.68. The summed E-state index contributed by atoms with van der Waals surface area (Å²) in [5.74, 6) is -0.948. The summed E-state index contributed by atoms with van der Waals surface area (Å²) in [7, 11) is -3.21. The molecule has 0 spiro atoms. The first-order chi connectivity index (χ1) is 15.3. The van der Waals surface area contributed by atoms with Crippen molar-refractivity contribution in [3.63, 3.8) is 0 Å². The first-order valence-electron chi connectivity index (χ1n) is 10.7. The van der Waals surface area contributed by atoms with Gasteiger partial charge in [-0.3, -0.25) is 9.59 Å². The highest BCUT2D eigenvalue weighted by atomic mass is 35.5. The zero-order valence-corrected chi connectivity index (χ0v) is 19.9. The summed E-state index contributed by atoms with van der Waals surface area (Å²) in [5.41, 5.74) is 1.35. The predicted octanol–water partition coefficient (Wildman–Crippen LogP) is 2.93. The van der Waals surface area contributed by atoms with Crippen molar-refractivity contribution < 1.29 is 22.4 Å². The molecule has 4 rings (SSSR count). The number of sulfone groups is 1. The average molecular weight is 496 g/mol. The van der Waals surface area contributed by atoms with E-state index in [0.717, 1.165) is 36.5 Å². The molecule has 2 saturated heterocycles. The van der Waals surface area contributed by atoms with Crippen LogP contribution in [0.4, 0.5) is 15.8 Å². The molecule has 178 valence electrons. The number of anilines is 2. The van der Waals surface area contributed by atoms with Crippen molar-refractivity contribution in [2.75, 3.05) is 28.6 Å². The van der Waals surface area contributed by atoms with Crippen LogP contribution in [0, 0.1) is 5.82 Å². The molecule has 2 amide bonds. The van der Waals surface area contributed by atoms with Gasteiger partial charge in [-0.2, -0.15) is 0 Å². The largest absolute Gasteiger partial charge is 0.371 e. The van der Waals surface area contributed by atoms with Gasteiger partial charge in [0.2, 0.25) is 5.91 Å². The highest BCUT2D eigenvalue weighted by Gasteiger charge is 2.40. The summed E-state index contributed by atoms with van der Waals surface area (Å²) < 4.78 is 37.1. The minimum Gasteiger partial charge on any atom is -0.371 e. The van der Waals surface area contributed by atoms with Gasteiger partial charge in [-0.1, -0.05) is 6.92 Å². The number of carbonyl (C=O) groups is 2. The quantitative estimate of drug-likeness (QED) is 0.620. The molecule has 0 aliphatic carbocycles. The third kappa shape index (κ3) is 5.37. The van der Waals surface area contributed by atoms with Crippen molar-refractivity contribution in [2.24, 2.45) is 0 Å². The number of nitrogens with one attached hydrogen (secondary N) is 1. The van der Waals surface area contributed by atoms with Crippen LogP contribution in [0.5, 0.6) is 0 Å². The van der Waals surface area contributed by atoms with Crippen LogP contribution in [-0.2, 0) is 19.4 Å². The van der Waals surface area contributed by atoms with Gasteiger partial charge in [-0.05, 0) is 61.4 Å². The van der Waals surface area contributed by atoms with Crippen molar-refractivity contribution in [1.29, 1.82) is 0 Å². The van der Waals surface area contributed by atoms with Gasteiger partial charge in [0.15, 0.2) is 9.84 Å². The maximum atomic E-state index is 13.2. The van der Waals surface area contributed by atoms with E-state index in [0.29, 0.717) is 10.6 Å². The number of hydrogen-bond donors (Lipinski definition) is 1. The lowest BCUT2D eigenvalue weighted by molar-refractivity contribution is -0.121. The molecule has 7 nitrogen and oxygen atoms in total.